The number of amides is 1. The Kier molecular flexibility index (Phi) is 6.57. The molecule has 0 aromatic carbocycles. The van der Waals surface area contributed by atoms with Crippen LogP contribution in [0.4, 0.5) is 0 Å². The Labute approximate surface area is 144 Å². The van der Waals surface area contributed by atoms with E-state index >= 15 is 0 Å². The van der Waals surface area contributed by atoms with E-state index in [9.17, 15) is 4.79 Å². The van der Waals surface area contributed by atoms with Gasteiger partial charge in [0.1, 0.15) is 0 Å². The number of nitrogens with one attached hydrogen (secondary N) is 1. The third kappa shape index (κ3) is 5.26. The van der Waals surface area contributed by atoms with E-state index in [1.54, 1.807) is 0 Å². The number of carbonyl (C=O) groups is 1. The lowest BCUT2D eigenvalue weighted by atomic mass is 9.96. The standard InChI is InChI=1S/C18H28N4O2/c23-18(20-7-10-21-11-13-24-14-12-21)16-4-8-22(9-5-16)15-17-3-1-2-6-19-17/h1-3,6,16H,4-5,7-15H2,(H,20,23). The van der Waals surface area contributed by atoms with Gasteiger partial charge in [0.15, 0.2) is 0 Å². The van der Waals surface area contributed by atoms with E-state index in [0.717, 1.165) is 77.6 Å². The van der Waals surface area contributed by atoms with Gasteiger partial charge in [-0.25, -0.2) is 0 Å². The smallest absolute Gasteiger partial charge is 0.223 e. The van der Waals surface area contributed by atoms with Crippen LogP contribution in [0, 0.1) is 5.92 Å². The van der Waals surface area contributed by atoms with E-state index in [2.05, 4.69) is 26.2 Å². The van der Waals surface area contributed by atoms with E-state index in [1.165, 1.54) is 0 Å². The Bertz CT molecular complexity index is 497. The van der Waals surface area contributed by atoms with Gasteiger partial charge in [0.2, 0.25) is 5.91 Å². The molecule has 0 saturated carbocycles. The molecule has 2 aliphatic rings. The molecule has 2 aliphatic heterocycles. The average molecular weight is 332 g/mol. The van der Waals surface area contributed by atoms with Gasteiger partial charge in [0.05, 0.1) is 18.9 Å². The number of hydrogen-bond acceptors (Lipinski definition) is 5. The molecule has 3 rings (SSSR count). The summed E-state index contributed by atoms with van der Waals surface area (Å²) in [5.41, 5.74) is 1.10. The second-order valence-corrected chi connectivity index (χ2v) is 6.62. The van der Waals surface area contributed by atoms with Crippen molar-refractivity contribution in [2.24, 2.45) is 5.92 Å². The molecular formula is C18H28N4O2. The third-order valence-electron chi connectivity index (χ3n) is 4.90. The van der Waals surface area contributed by atoms with Crippen LogP contribution in [0.1, 0.15) is 18.5 Å². The number of piperidine rings is 1. The molecule has 0 radical (unpaired) electrons. The van der Waals surface area contributed by atoms with Gasteiger partial charge < -0.3 is 10.1 Å². The molecule has 1 aromatic rings. The first kappa shape index (κ1) is 17.3. The molecule has 1 aromatic heterocycles. The maximum absolute atomic E-state index is 12.3. The van der Waals surface area contributed by atoms with Crippen LogP contribution in [0.3, 0.4) is 0 Å². The van der Waals surface area contributed by atoms with Gasteiger partial charge in [-0.2, -0.15) is 0 Å². The Hall–Kier alpha value is -1.50. The summed E-state index contributed by atoms with van der Waals surface area (Å²) in [4.78, 5) is 21.4. The van der Waals surface area contributed by atoms with Crippen LogP contribution in [0.15, 0.2) is 24.4 Å². The first-order valence-corrected chi connectivity index (χ1v) is 9.01. The molecule has 0 unspecified atom stereocenters. The van der Waals surface area contributed by atoms with Gasteiger partial charge in [-0.15, -0.1) is 0 Å². The molecule has 2 saturated heterocycles. The monoisotopic (exact) mass is 332 g/mol. The van der Waals surface area contributed by atoms with Crippen molar-refractivity contribution >= 4 is 5.91 Å². The van der Waals surface area contributed by atoms with Gasteiger partial charge in [-0.3, -0.25) is 19.6 Å². The lowest BCUT2D eigenvalue weighted by molar-refractivity contribution is -0.126. The number of pyridine rings is 1. The predicted molar refractivity (Wildman–Crippen MR) is 92.5 cm³/mol. The molecule has 2 fully saturated rings. The van der Waals surface area contributed by atoms with Crippen molar-refractivity contribution in [2.45, 2.75) is 19.4 Å². The van der Waals surface area contributed by atoms with Crippen LogP contribution >= 0.6 is 0 Å². The van der Waals surface area contributed by atoms with Gasteiger partial charge >= 0.3 is 0 Å². The van der Waals surface area contributed by atoms with Crippen molar-refractivity contribution in [3.05, 3.63) is 30.1 Å². The minimum atomic E-state index is 0.162. The summed E-state index contributed by atoms with van der Waals surface area (Å²) < 4.78 is 5.34. The zero-order valence-corrected chi connectivity index (χ0v) is 14.3. The molecule has 6 nitrogen and oxygen atoms in total. The molecule has 1 N–H and O–H groups in total. The van der Waals surface area contributed by atoms with E-state index < -0.39 is 0 Å². The average Bonchev–Trinajstić information content (AvgIpc) is 2.64. The van der Waals surface area contributed by atoms with Crippen molar-refractivity contribution in [1.29, 1.82) is 0 Å². The van der Waals surface area contributed by atoms with E-state index in [-0.39, 0.29) is 11.8 Å². The number of aromatic nitrogens is 1. The highest BCUT2D eigenvalue weighted by Crippen LogP contribution is 2.18. The Morgan fingerprint density at radius 1 is 1.17 bits per heavy atom. The summed E-state index contributed by atoms with van der Waals surface area (Å²) in [6, 6.07) is 6.03. The second kappa shape index (κ2) is 9.11. The maximum atomic E-state index is 12.3. The molecule has 0 bridgehead atoms. The van der Waals surface area contributed by atoms with Gasteiger partial charge in [0.25, 0.3) is 0 Å². The Morgan fingerprint density at radius 2 is 1.96 bits per heavy atom. The number of ether oxygens (including phenoxy) is 1. The normalized spacial score (nSPS) is 20.8. The fraction of sp³-hybridized carbons (Fsp3) is 0.667. The molecule has 24 heavy (non-hydrogen) atoms. The minimum Gasteiger partial charge on any atom is -0.379 e. The first-order valence-electron chi connectivity index (χ1n) is 9.01. The number of carbonyl (C=O) groups excluding carboxylic acids is 1. The predicted octanol–water partition coefficient (Wildman–Crippen LogP) is 0.742. The highest BCUT2D eigenvalue weighted by molar-refractivity contribution is 5.78. The van der Waals surface area contributed by atoms with E-state index in [0.29, 0.717) is 0 Å². The van der Waals surface area contributed by atoms with Crippen LogP contribution in [0.25, 0.3) is 0 Å². The van der Waals surface area contributed by atoms with Crippen LogP contribution in [0.2, 0.25) is 0 Å². The van der Waals surface area contributed by atoms with Crippen LogP contribution < -0.4 is 5.32 Å². The van der Waals surface area contributed by atoms with Crippen molar-refractivity contribution in [3.8, 4) is 0 Å². The van der Waals surface area contributed by atoms with Crippen molar-refractivity contribution in [3.63, 3.8) is 0 Å². The molecule has 1 amide bonds. The summed E-state index contributed by atoms with van der Waals surface area (Å²) in [6.45, 7) is 8.05. The number of rotatable bonds is 6. The van der Waals surface area contributed by atoms with E-state index in [1.807, 2.05) is 18.3 Å². The molecule has 3 heterocycles. The van der Waals surface area contributed by atoms with Crippen molar-refractivity contribution in [2.75, 3.05) is 52.5 Å². The quantitative estimate of drug-likeness (QED) is 0.833. The zero-order valence-electron chi connectivity index (χ0n) is 14.3. The van der Waals surface area contributed by atoms with Crippen LogP contribution in [0.5, 0.6) is 0 Å². The number of morpholine rings is 1. The molecule has 132 valence electrons. The van der Waals surface area contributed by atoms with Gasteiger partial charge in [0, 0.05) is 44.8 Å². The molecule has 0 atom stereocenters. The summed E-state index contributed by atoms with van der Waals surface area (Å²) in [5, 5.41) is 3.11. The van der Waals surface area contributed by atoms with E-state index in [4.69, 9.17) is 4.74 Å². The molecule has 6 heteroatoms. The van der Waals surface area contributed by atoms with Gasteiger partial charge in [-0.1, -0.05) is 6.07 Å². The van der Waals surface area contributed by atoms with Gasteiger partial charge in [-0.05, 0) is 38.1 Å². The third-order valence-corrected chi connectivity index (χ3v) is 4.90. The van der Waals surface area contributed by atoms with Crippen molar-refractivity contribution in [1.82, 2.24) is 20.1 Å². The number of hydrogen-bond donors (Lipinski definition) is 1. The van der Waals surface area contributed by atoms with Crippen LogP contribution in [-0.2, 0) is 16.1 Å². The highest BCUT2D eigenvalue weighted by Gasteiger charge is 2.25. The minimum absolute atomic E-state index is 0.162. The zero-order chi connectivity index (χ0) is 16.6. The second-order valence-electron chi connectivity index (χ2n) is 6.62. The summed E-state index contributed by atoms with van der Waals surface area (Å²) in [6.07, 6.45) is 3.72. The fourth-order valence-electron chi connectivity index (χ4n) is 3.38. The molecule has 0 aliphatic carbocycles. The SMILES string of the molecule is O=C(NCCN1CCOCC1)C1CCN(Cc2ccccn2)CC1. The maximum Gasteiger partial charge on any atom is 0.223 e. The number of nitrogens with zero attached hydrogens (tertiary/aromatic N) is 3. The first-order chi connectivity index (χ1) is 11.8. The molecule has 0 spiro atoms. The summed E-state index contributed by atoms with van der Waals surface area (Å²) >= 11 is 0. The fourth-order valence-corrected chi connectivity index (χ4v) is 3.38. The largest absolute Gasteiger partial charge is 0.379 e. The van der Waals surface area contributed by atoms with Crippen molar-refractivity contribution < 1.29 is 9.53 Å². The Morgan fingerprint density at radius 3 is 2.67 bits per heavy atom. The number of likely N-dealkylation sites (tertiary alicyclic amines) is 1. The topological polar surface area (TPSA) is 57.7 Å². The molecular weight excluding hydrogens is 304 g/mol. The lowest BCUT2D eigenvalue weighted by Gasteiger charge is -2.31. The van der Waals surface area contributed by atoms with Crippen LogP contribution in [-0.4, -0.2) is 73.2 Å². The summed E-state index contributed by atoms with van der Waals surface area (Å²) in [5.74, 6) is 0.385. The lowest BCUT2D eigenvalue weighted by Crippen LogP contribution is -2.44. The summed E-state index contributed by atoms with van der Waals surface area (Å²) in [7, 11) is 0. The Balaban J connectivity index is 1.32. The highest BCUT2D eigenvalue weighted by atomic mass is 16.5.